The van der Waals surface area contributed by atoms with E-state index >= 15 is 0 Å². The Morgan fingerprint density at radius 2 is 1.45 bits per heavy atom. The molecule has 2 N–H and O–H groups in total. The largest absolute Gasteiger partial charge is 0.241 e. The van der Waals surface area contributed by atoms with Crippen molar-refractivity contribution < 1.29 is 16.8 Å². The van der Waals surface area contributed by atoms with Crippen LogP contribution in [0.15, 0.2) is 30.9 Å². The number of halogens is 2. The number of benzene rings is 1. The molecular formula is C10H14Br2N2O4S2. The van der Waals surface area contributed by atoms with E-state index in [9.17, 15) is 16.8 Å². The molecule has 0 heterocycles. The predicted molar refractivity (Wildman–Crippen MR) is 83.6 cm³/mol. The molecule has 0 amide bonds. The molecule has 0 spiro atoms. The van der Waals surface area contributed by atoms with Crippen molar-refractivity contribution in [2.75, 3.05) is 13.1 Å². The molecule has 0 saturated heterocycles. The van der Waals surface area contributed by atoms with Crippen LogP contribution in [-0.2, 0) is 20.0 Å². The van der Waals surface area contributed by atoms with Gasteiger partial charge in [-0.25, -0.2) is 26.3 Å². The van der Waals surface area contributed by atoms with E-state index in [4.69, 9.17) is 0 Å². The molecule has 114 valence electrons. The van der Waals surface area contributed by atoms with Gasteiger partial charge < -0.3 is 0 Å². The van der Waals surface area contributed by atoms with Gasteiger partial charge >= 0.3 is 0 Å². The molecule has 6 nitrogen and oxygen atoms in total. The molecule has 0 radical (unpaired) electrons. The van der Waals surface area contributed by atoms with Crippen LogP contribution in [0.2, 0.25) is 0 Å². The monoisotopic (exact) mass is 448 g/mol. The molecule has 20 heavy (non-hydrogen) atoms. The predicted octanol–water partition coefficient (Wildman–Crippen LogP) is 1.81. The Bertz CT molecular complexity index is 702. The van der Waals surface area contributed by atoms with Gasteiger partial charge in [0.25, 0.3) is 0 Å². The second kappa shape index (κ2) is 6.84. The van der Waals surface area contributed by atoms with E-state index in [1.165, 1.54) is 6.07 Å². The maximum atomic E-state index is 12.1. The van der Waals surface area contributed by atoms with Crippen molar-refractivity contribution in [2.24, 2.45) is 0 Å². The summed E-state index contributed by atoms with van der Waals surface area (Å²) in [6, 6.07) is 2.46. The zero-order chi connectivity index (χ0) is 15.6. The van der Waals surface area contributed by atoms with Crippen LogP contribution in [0, 0.1) is 0 Å². The lowest BCUT2D eigenvalue weighted by Crippen LogP contribution is -2.26. The van der Waals surface area contributed by atoms with Crippen molar-refractivity contribution in [3.8, 4) is 0 Å². The Kier molecular flexibility index (Phi) is 6.17. The standard InChI is InChI=1S/C10H14Br2N2O4S2/c1-3-13-19(15,16)7-5-8(11)10(12)9(6-7)20(17,18)14-4-2/h5-6,13-14H,3-4H2,1-2H3. The molecule has 0 fully saturated rings. The fraction of sp³-hybridized carbons (Fsp3) is 0.400. The van der Waals surface area contributed by atoms with Crippen molar-refractivity contribution in [1.29, 1.82) is 0 Å². The lowest BCUT2D eigenvalue weighted by atomic mass is 10.4. The summed E-state index contributed by atoms with van der Waals surface area (Å²) in [5.74, 6) is 0. The molecule has 10 heteroatoms. The van der Waals surface area contributed by atoms with Gasteiger partial charge in [0.15, 0.2) is 0 Å². The fourth-order valence-electron chi connectivity index (χ4n) is 1.43. The van der Waals surface area contributed by atoms with Gasteiger partial charge in [-0.05, 0) is 44.0 Å². The Hall–Kier alpha value is -0.000000000000000194. The highest BCUT2D eigenvalue weighted by Gasteiger charge is 2.23. The third-order valence-corrected chi connectivity index (χ3v) is 7.61. The second-order valence-corrected chi connectivity index (χ2v) is 8.87. The van der Waals surface area contributed by atoms with Crippen molar-refractivity contribution in [2.45, 2.75) is 23.6 Å². The molecule has 0 unspecified atom stereocenters. The molecule has 0 aliphatic carbocycles. The summed E-state index contributed by atoms with van der Waals surface area (Å²) in [7, 11) is -7.52. The SMILES string of the molecule is CCNS(=O)(=O)c1cc(Br)c(Br)c(S(=O)(=O)NCC)c1. The normalized spacial score (nSPS) is 12.6. The van der Waals surface area contributed by atoms with Gasteiger partial charge in [-0.2, -0.15) is 0 Å². The molecule has 0 aliphatic heterocycles. The van der Waals surface area contributed by atoms with Crippen LogP contribution >= 0.6 is 31.9 Å². The Morgan fingerprint density at radius 3 is 1.95 bits per heavy atom. The van der Waals surface area contributed by atoms with E-state index in [1.54, 1.807) is 13.8 Å². The number of rotatable bonds is 6. The number of hydrogen-bond acceptors (Lipinski definition) is 4. The van der Waals surface area contributed by atoms with Gasteiger partial charge in [0, 0.05) is 17.6 Å². The third-order valence-electron chi connectivity index (χ3n) is 2.24. The molecule has 0 saturated carbocycles. The Labute approximate surface area is 135 Å². The molecule has 1 rings (SSSR count). The van der Waals surface area contributed by atoms with Crippen molar-refractivity contribution >= 4 is 51.9 Å². The van der Waals surface area contributed by atoms with Gasteiger partial charge in [-0.15, -0.1) is 0 Å². The number of sulfonamides is 2. The molecule has 0 atom stereocenters. The summed E-state index contributed by atoms with van der Waals surface area (Å²) in [6.07, 6.45) is 0. The summed E-state index contributed by atoms with van der Waals surface area (Å²) >= 11 is 6.30. The molecular weight excluding hydrogens is 436 g/mol. The first-order valence-electron chi connectivity index (χ1n) is 5.64. The minimum Gasteiger partial charge on any atom is -0.211 e. The molecule has 1 aromatic rings. The number of hydrogen-bond donors (Lipinski definition) is 2. The van der Waals surface area contributed by atoms with E-state index in [1.807, 2.05) is 0 Å². The zero-order valence-electron chi connectivity index (χ0n) is 10.8. The highest BCUT2D eigenvalue weighted by Crippen LogP contribution is 2.32. The van der Waals surface area contributed by atoms with Gasteiger partial charge in [-0.1, -0.05) is 13.8 Å². The van der Waals surface area contributed by atoms with Gasteiger partial charge in [0.2, 0.25) is 20.0 Å². The van der Waals surface area contributed by atoms with Crippen molar-refractivity contribution in [3.63, 3.8) is 0 Å². The van der Waals surface area contributed by atoms with Gasteiger partial charge in [0.1, 0.15) is 0 Å². The minimum absolute atomic E-state index is 0.120. The minimum atomic E-state index is -3.78. The first kappa shape index (κ1) is 18.1. The zero-order valence-corrected chi connectivity index (χ0v) is 15.6. The van der Waals surface area contributed by atoms with Crippen LogP contribution in [-0.4, -0.2) is 29.9 Å². The summed E-state index contributed by atoms with van der Waals surface area (Å²) in [6.45, 7) is 3.70. The second-order valence-electron chi connectivity index (χ2n) is 3.72. The van der Waals surface area contributed by atoms with Crippen molar-refractivity contribution in [1.82, 2.24) is 9.44 Å². The van der Waals surface area contributed by atoms with E-state index < -0.39 is 20.0 Å². The molecule has 0 aliphatic rings. The highest BCUT2D eigenvalue weighted by atomic mass is 79.9. The molecule has 0 bridgehead atoms. The first-order valence-corrected chi connectivity index (χ1v) is 10.2. The topological polar surface area (TPSA) is 92.3 Å². The maximum Gasteiger partial charge on any atom is 0.241 e. The average molecular weight is 450 g/mol. The van der Waals surface area contributed by atoms with Crippen LogP contribution in [0.1, 0.15) is 13.8 Å². The Balaban J connectivity index is 3.53. The van der Waals surface area contributed by atoms with E-state index in [0.29, 0.717) is 4.47 Å². The summed E-state index contributed by atoms with van der Waals surface area (Å²) in [5, 5.41) is 0. The van der Waals surface area contributed by atoms with E-state index in [-0.39, 0.29) is 27.4 Å². The number of nitrogens with one attached hydrogen (secondary N) is 2. The van der Waals surface area contributed by atoms with Crippen LogP contribution in [0.4, 0.5) is 0 Å². The van der Waals surface area contributed by atoms with Crippen LogP contribution in [0.5, 0.6) is 0 Å². The third kappa shape index (κ3) is 4.01. The average Bonchev–Trinajstić information content (AvgIpc) is 2.31. The maximum absolute atomic E-state index is 12.1. The summed E-state index contributed by atoms with van der Waals surface area (Å²) in [5.41, 5.74) is 0. The van der Waals surface area contributed by atoms with E-state index in [2.05, 4.69) is 41.3 Å². The Morgan fingerprint density at radius 1 is 0.950 bits per heavy atom. The smallest absolute Gasteiger partial charge is 0.211 e. The van der Waals surface area contributed by atoms with Gasteiger partial charge in [0.05, 0.1) is 14.3 Å². The fourth-order valence-corrected chi connectivity index (χ4v) is 5.37. The quantitative estimate of drug-likeness (QED) is 0.692. The summed E-state index contributed by atoms with van der Waals surface area (Å²) in [4.78, 5) is -0.254. The van der Waals surface area contributed by atoms with Crippen LogP contribution < -0.4 is 9.44 Å². The lowest BCUT2D eigenvalue weighted by molar-refractivity contribution is 0.581. The molecule has 1 aromatic carbocycles. The van der Waals surface area contributed by atoms with Crippen LogP contribution in [0.25, 0.3) is 0 Å². The van der Waals surface area contributed by atoms with Crippen molar-refractivity contribution in [3.05, 3.63) is 21.1 Å². The van der Waals surface area contributed by atoms with Gasteiger partial charge in [-0.3, -0.25) is 0 Å². The summed E-state index contributed by atoms with van der Waals surface area (Å²) < 4.78 is 53.3. The first-order chi connectivity index (χ1) is 9.15. The molecule has 0 aromatic heterocycles. The lowest BCUT2D eigenvalue weighted by Gasteiger charge is -2.11. The highest BCUT2D eigenvalue weighted by molar-refractivity contribution is 9.13. The van der Waals surface area contributed by atoms with E-state index in [0.717, 1.165) is 6.07 Å². The van der Waals surface area contributed by atoms with Crippen LogP contribution in [0.3, 0.4) is 0 Å².